The summed E-state index contributed by atoms with van der Waals surface area (Å²) in [5.41, 5.74) is 1.09. The van der Waals surface area contributed by atoms with Crippen molar-refractivity contribution in [2.75, 3.05) is 25.6 Å². The molecule has 1 atom stereocenters. The summed E-state index contributed by atoms with van der Waals surface area (Å²) in [7, 11) is -2.26. The molecule has 0 spiro atoms. The fraction of sp³-hybridized carbons (Fsp3) is 0.364. The zero-order valence-electron chi connectivity index (χ0n) is 18.1. The smallest absolute Gasteiger partial charge is 0.262 e. The van der Waals surface area contributed by atoms with E-state index >= 15 is 0 Å². The van der Waals surface area contributed by atoms with Crippen molar-refractivity contribution in [3.8, 4) is 17.2 Å². The molecule has 0 fully saturated rings. The average Bonchev–Trinajstić information content (AvgIpc) is 2.77. The molecule has 10 heteroatoms. The highest BCUT2D eigenvalue weighted by molar-refractivity contribution is 7.92. The predicted molar refractivity (Wildman–Crippen MR) is 118 cm³/mol. The second-order valence-corrected chi connectivity index (χ2v) is 9.62. The molecule has 9 nitrogen and oxygen atoms in total. The molecule has 2 aromatic rings. The fourth-order valence-electron chi connectivity index (χ4n) is 3.21. The molecular formula is C22H26N2O7S. The molecule has 0 saturated carbocycles. The van der Waals surface area contributed by atoms with E-state index in [0.29, 0.717) is 29.5 Å². The van der Waals surface area contributed by atoms with E-state index in [4.69, 9.17) is 14.2 Å². The van der Waals surface area contributed by atoms with Gasteiger partial charge in [-0.3, -0.25) is 9.59 Å². The molecule has 0 unspecified atom stereocenters. The second kappa shape index (κ2) is 9.90. The third-order valence-corrected chi connectivity index (χ3v) is 7.07. The fourth-order valence-corrected chi connectivity index (χ4v) is 4.59. The van der Waals surface area contributed by atoms with Crippen LogP contribution in [0, 0.1) is 0 Å². The Morgan fingerprint density at radius 2 is 2.00 bits per heavy atom. The lowest BCUT2D eigenvalue weighted by Crippen LogP contribution is -2.30. The minimum Gasteiger partial charge on any atom is -0.493 e. The van der Waals surface area contributed by atoms with E-state index in [1.54, 1.807) is 18.2 Å². The van der Waals surface area contributed by atoms with Crippen LogP contribution in [0.15, 0.2) is 41.3 Å². The number of carbonyl (C=O) groups is 2. The number of amides is 2. The molecular weight excluding hydrogens is 436 g/mol. The topological polar surface area (TPSA) is 120 Å². The number of fused-ring (bicyclic) bond motifs is 1. The standard InChI is InChI=1S/C22H26N2O7S/c1-4-30-19-7-5-15(10-20(19)29-3)12-23-21(25)9-14(2)32(27,28)16-6-8-18-17(11-16)24-22(26)13-31-18/h5-8,10-11,14H,4,9,12-13H2,1-3H3,(H,23,25)(H,24,26)/t14-/m1/s1. The molecule has 2 aromatic carbocycles. The van der Waals surface area contributed by atoms with Crippen LogP contribution in [0.3, 0.4) is 0 Å². The van der Waals surface area contributed by atoms with Crippen LogP contribution in [0.25, 0.3) is 0 Å². The molecule has 0 bridgehead atoms. The molecule has 0 saturated heterocycles. The largest absolute Gasteiger partial charge is 0.493 e. The van der Waals surface area contributed by atoms with Crippen LogP contribution in [-0.2, 0) is 26.0 Å². The molecule has 1 aliphatic heterocycles. The van der Waals surface area contributed by atoms with Gasteiger partial charge in [0.15, 0.2) is 27.9 Å². The van der Waals surface area contributed by atoms with Gasteiger partial charge in [0, 0.05) is 13.0 Å². The number of rotatable bonds is 9. The van der Waals surface area contributed by atoms with E-state index < -0.39 is 21.0 Å². The summed E-state index contributed by atoms with van der Waals surface area (Å²) in [5.74, 6) is 0.808. The zero-order chi connectivity index (χ0) is 23.3. The first-order chi connectivity index (χ1) is 15.2. The van der Waals surface area contributed by atoms with Crippen LogP contribution in [0.4, 0.5) is 5.69 Å². The Morgan fingerprint density at radius 3 is 2.72 bits per heavy atom. The number of anilines is 1. The van der Waals surface area contributed by atoms with Gasteiger partial charge in [-0.15, -0.1) is 0 Å². The number of sulfone groups is 1. The highest BCUT2D eigenvalue weighted by Gasteiger charge is 2.27. The molecule has 2 N–H and O–H groups in total. The van der Waals surface area contributed by atoms with E-state index in [0.717, 1.165) is 5.56 Å². The SMILES string of the molecule is CCOc1ccc(CNC(=O)C[C@@H](C)S(=O)(=O)c2ccc3c(c2)NC(=O)CO3)cc1OC. The molecule has 2 amide bonds. The quantitative estimate of drug-likeness (QED) is 0.587. The molecule has 172 valence electrons. The molecule has 0 aromatic heterocycles. The van der Waals surface area contributed by atoms with E-state index in [2.05, 4.69) is 10.6 Å². The van der Waals surface area contributed by atoms with Crippen LogP contribution < -0.4 is 24.8 Å². The second-order valence-electron chi connectivity index (χ2n) is 7.25. The van der Waals surface area contributed by atoms with Crippen LogP contribution in [0.5, 0.6) is 17.2 Å². The molecule has 0 aliphatic carbocycles. The zero-order valence-corrected chi connectivity index (χ0v) is 19.0. The van der Waals surface area contributed by atoms with Gasteiger partial charge in [-0.25, -0.2) is 8.42 Å². The summed E-state index contributed by atoms with van der Waals surface area (Å²) in [6, 6.07) is 9.57. The molecule has 0 radical (unpaired) electrons. The third-order valence-electron chi connectivity index (χ3n) is 4.93. The maximum Gasteiger partial charge on any atom is 0.262 e. The third kappa shape index (κ3) is 5.31. The minimum absolute atomic E-state index is 0.0126. The molecule has 3 rings (SSSR count). The number of ether oxygens (including phenoxy) is 3. The average molecular weight is 463 g/mol. The Kier molecular flexibility index (Phi) is 7.24. The van der Waals surface area contributed by atoms with E-state index in [1.807, 2.05) is 6.92 Å². The van der Waals surface area contributed by atoms with Crippen LogP contribution in [0.1, 0.15) is 25.8 Å². The number of methoxy groups -OCH3 is 1. The van der Waals surface area contributed by atoms with Crippen LogP contribution >= 0.6 is 0 Å². The first-order valence-corrected chi connectivity index (χ1v) is 11.7. The monoisotopic (exact) mass is 462 g/mol. The maximum absolute atomic E-state index is 12.9. The predicted octanol–water partition coefficient (Wildman–Crippen LogP) is 2.29. The van der Waals surface area contributed by atoms with Crippen molar-refractivity contribution < 1.29 is 32.2 Å². The Hall–Kier alpha value is -3.27. The van der Waals surface area contributed by atoms with Crippen molar-refractivity contribution in [3.63, 3.8) is 0 Å². The van der Waals surface area contributed by atoms with Crippen molar-refractivity contribution in [2.45, 2.75) is 37.0 Å². The van der Waals surface area contributed by atoms with Gasteiger partial charge in [0.1, 0.15) is 5.75 Å². The van der Waals surface area contributed by atoms with Gasteiger partial charge < -0.3 is 24.8 Å². The first-order valence-electron chi connectivity index (χ1n) is 10.1. The van der Waals surface area contributed by atoms with Crippen molar-refractivity contribution in [2.24, 2.45) is 0 Å². The van der Waals surface area contributed by atoms with Gasteiger partial charge in [0.2, 0.25) is 5.91 Å². The summed E-state index contributed by atoms with van der Waals surface area (Å²) in [5, 5.41) is 4.36. The number of hydrogen-bond donors (Lipinski definition) is 2. The number of nitrogens with one attached hydrogen (secondary N) is 2. The number of hydrogen-bond acceptors (Lipinski definition) is 7. The van der Waals surface area contributed by atoms with Crippen molar-refractivity contribution in [1.82, 2.24) is 5.32 Å². The van der Waals surface area contributed by atoms with Crippen molar-refractivity contribution in [3.05, 3.63) is 42.0 Å². The van der Waals surface area contributed by atoms with Gasteiger partial charge >= 0.3 is 0 Å². The summed E-state index contributed by atoms with van der Waals surface area (Å²) in [6.45, 7) is 3.95. The lowest BCUT2D eigenvalue weighted by atomic mass is 10.2. The summed E-state index contributed by atoms with van der Waals surface area (Å²) in [6.07, 6.45) is -0.212. The van der Waals surface area contributed by atoms with Gasteiger partial charge in [0.05, 0.1) is 29.5 Å². The van der Waals surface area contributed by atoms with E-state index in [1.165, 1.54) is 32.2 Å². The normalized spacial score (nSPS) is 13.9. The summed E-state index contributed by atoms with van der Waals surface area (Å²) < 4.78 is 41.9. The highest BCUT2D eigenvalue weighted by Crippen LogP contribution is 2.32. The Labute approximate surface area is 187 Å². The Balaban J connectivity index is 1.62. The maximum atomic E-state index is 12.9. The number of carbonyl (C=O) groups excluding carboxylic acids is 2. The summed E-state index contributed by atoms with van der Waals surface area (Å²) in [4.78, 5) is 23.9. The molecule has 1 heterocycles. The van der Waals surface area contributed by atoms with Crippen molar-refractivity contribution in [1.29, 1.82) is 0 Å². The van der Waals surface area contributed by atoms with Crippen LogP contribution in [0.2, 0.25) is 0 Å². The van der Waals surface area contributed by atoms with Gasteiger partial charge in [-0.2, -0.15) is 0 Å². The number of benzene rings is 2. The molecule has 32 heavy (non-hydrogen) atoms. The van der Waals surface area contributed by atoms with Crippen molar-refractivity contribution >= 4 is 27.3 Å². The van der Waals surface area contributed by atoms with Gasteiger partial charge in [-0.1, -0.05) is 6.07 Å². The lowest BCUT2D eigenvalue weighted by Gasteiger charge is -2.19. The highest BCUT2D eigenvalue weighted by atomic mass is 32.2. The Bertz CT molecular complexity index is 1120. The van der Waals surface area contributed by atoms with E-state index in [9.17, 15) is 18.0 Å². The van der Waals surface area contributed by atoms with Gasteiger partial charge in [0.25, 0.3) is 5.91 Å². The van der Waals surface area contributed by atoms with Crippen LogP contribution in [-0.4, -0.2) is 45.8 Å². The van der Waals surface area contributed by atoms with Gasteiger partial charge in [-0.05, 0) is 49.7 Å². The first kappa shape index (κ1) is 23.4. The van der Waals surface area contributed by atoms with E-state index in [-0.39, 0.29) is 30.4 Å². The summed E-state index contributed by atoms with van der Waals surface area (Å²) >= 11 is 0. The lowest BCUT2D eigenvalue weighted by molar-refractivity contribution is -0.121. The minimum atomic E-state index is -3.79. The Morgan fingerprint density at radius 1 is 1.22 bits per heavy atom. The molecule has 1 aliphatic rings.